The Kier molecular flexibility index (Phi) is 3.32. The highest BCUT2D eigenvalue weighted by molar-refractivity contribution is 7.21. The molecule has 0 aliphatic carbocycles. The summed E-state index contributed by atoms with van der Waals surface area (Å²) in [5.74, 6) is 0. The molecule has 0 aliphatic heterocycles. The molecule has 0 saturated heterocycles. The minimum atomic E-state index is 0.694. The van der Waals surface area contributed by atoms with Crippen molar-refractivity contribution in [2.45, 2.75) is 13.3 Å². The zero-order chi connectivity index (χ0) is 13.2. The van der Waals surface area contributed by atoms with Crippen LogP contribution in [0, 0.1) is 6.92 Å². The maximum absolute atomic E-state index is 5.57. The zero-order valence-electron chi connectivity index (χ0n) is 10.9. The van der Waals surface area contributed by atoms with Gasteiger partial charge in [-0.3, -0.25) is 0 Å². The molecule has 3 rings (SSSR count). The Morgan fingerprint density at radius 1 is 1.11 bits per heavy atom. The minimum absolute atomic E-state index is 0.694. The molecule has 3 heteroatoms. The third-order valence-corrected chi connectivity index (χ3v) is 4.32. The van der Waals surface area contributed by atoms with Crippen molar-refractivity contribution >= 4 is 21.6 Å². The first kappa shape index (κ1) is 12.3. The monoisotopic (exact) mass is 268 g/mol. The van der Waals surface area contributed by atoms with Crippen LogP contribution in [0.5, 0.6) is 0 Å². The van der Waals surface area contributed by atoms with Crippen molar-refractivity contribution in [1.29, 1.82) is 0 Å². The molecule has 0 amide bonds. The molecular weight excluding hydrogens is 252 g/mol. The van der Waals surface area contributed by atoms with Crippen LogP contribution in [-0.4, -0.2) is 11.5 Å². The largest absolute Gasteiger partial charge is 0.330 e. The second kappa shape index (κ2) is 5.11. The molecule has 1 aromatic heterocycles. The van der Waals surface area contributed by atoms with Gasteiger partial charge in [0.15, 0.2) is 0 Å². The average molecular weight is 268 g/mol. The predicted molar refractivity (Wildman–Crippen MR) is 82.6 cm³/mol. The smallest absolute Gasteiger partial charge is 0.124 e. The zero-order valence-corrected chi connectivity index (χ0v) is 11.7. The SMILES string of the molecule is Cc1cccc2sc(-c3ccc(CCN)cc3)nc12. The van der Waals surface area contributed by atoms with Crippen LogP contribution < -0.4 is 5.73 Å². The Labute approximate surface area is 116 Å². The van der Waals surface area contributed by atoms with Crippen LogP contribution in [0.25, 0.3) is 20.8 Å². The Hall–Kier alpha value is -1.71. The van der Waals surface area contributed by atoms with E-state index in [1.807, 2.05) is 0 Å². The highest BCUT2D eigenvalue weighted by Gasteiger charge is 2.07. The van der Waals surface area contributed by atoms with Gasteiger partial charge in [-0.2, -0.15) is 0 Å². The molecule has 0 radical (unpaired) electrons. The van der Waals surface area contributed by atoms with E-state index in [9.17, 15) is 0 Å². The van der Waals surface area contributed by atoms with E-state index < -0.39 is 0 Å². The molecule has 0 fully saturated rings. The number of hydrogen-bond donors (Lipinski definition) is 1. The van der Waals surface area contributed by atoms with Gasteiger partial charge in [0.2, 0.25) is 0 Å². The number of para-hydroxylation sites is 1. The number of aromatic nitrogens is 1. The van der Waals surface area contributed by atoms with Crippen molar-refractivity contribution in [2.24, 2.45) is 5.73 Å². The summed E-state index contributed by atoms with van der Waals surface area (Å²) < 4.78 is 1.25. The number of fused-ring (bicyclic) bond motifs is 1. The number of rotatable bonds is 3. The quantitative estimate of drug-likeness (QED) is 0.785. The number of benzene rings is 2. The van der Waals surface area contributed by atoms with E-state index >= 15 is 0 Å². The Bertz CT molecular complexity index is 698. The first-order chi connectivity index (χ1) is 9.28. The molecule has 2 N–H and O–H groups in total. The van der Waals surface area contributed by atoms with Gasteiger partial charge in [0, 0.05) is 5.56 Å². The van der Waals surface area contributed by atoms with Gasteiger partial charge in [0.1, 0.15) is 5.01 Å². The topological polar surface area (TPSA) is 38.9 Å². The van der Waals surface area contributed by atoms with E-state index in [1.165, 1.54) is 21.4 Å². The van der Waals surface area contributed by atoms with Gasteiger partial charge < -0.3 is 5.73 Å². The van der Waals surface area contributed by atoms with Crippen molar-refractivity contribution in [2.75, 3.05) is 6.54 Å². The first-order valence-electron chi connectivity index (χ1n) is 6.43. The lowest BCUT2D eigenvalue weighted by Gasteiger charge is -2.00. The molecular formula is C16H16N2S. The highest BCUT2D eigenvalue weighted by atomic mass is 32.1. The molecule has 1 heterocycles. The molecule has 2 nitrogen and oxygen atoms in total. The van der Waals surface area contributed by atoms with E-state index in [1.54, 1.807) is 11.3 Å². The van der Waals surface area contributed by atoms with Crippen LogP contribution in [0.15, 0.2) is 42.5 Å². The molecule has 2 aromatic carbocycles. The molecule has 0 unspecified atom stereocenters. The predicted octanol–water partition coefficient (Wildman–Crippen LogP) is 3.77. The lowest BCUT2D eigenvalue weighted by atomic mass is 10.1. The normalized spacial score (nSPS) is 11.1. The third-order valence-electron chi connectivity index (χ3n) is 3.25. The van der Waals surface area contributed by atoms with E-state index in [0.29, 0.717) is 6.54 Å². The maximum Gasteiger partial charge on any atom is 0.124 e. The van der Waals surface area contributed by atoms with Gasteiger partial charge in [-0.15, -0.1) is 11.3 Å². The summed E-state index contributed by atoms with van der Waals surface area (Å²) in [5, 5.41) is 1.09. The molecule has 0 spiro atoms. The Balaban J connectivity index is 2.01. The molecule has 0 atom stereocenters. The summed E-state index contributed by atoms with van der Waals surface area (Å²) in [7, 11) is 0. The van der Waals surface area contributed by atoms with Gasteiger partial charge >= 0.3 is 0 Å². The van der Waals surface area contributed by atoms with Crippen LogP contribution in [0.1, 0.15) is 11.1 Å². The number of nitrogens with zero attached hydrogens (tertiary/aromatic N) is 1. The second-order valence-corrected chi connectivity index (χ2v) is 5.71. The van der Waals surface area contributed by atoms with Crippen molar-refractivity contribution in [3.8, 4) is 10.6 Å². The summed E-state index contributed by atoms with van der Waals surface area (Å²) in [6, 6.07) is 14.9. The van der Waals surface area contributed by atoms with E-state index in [2.05, 4.69) is 49.4 Å². The second-order valence-electron chi connectivity index (χ2n) is 4.68. The maximum atomic E-state index is 5.57. The van der Waals surface area contributed by atoms with Gasteiger partial charge in [0.25, 0.3) is 0 Å². The summed E-state index contributed by atoms with van der Waals surface area (Å²) in [4.78, 5) is 4.75. The fourth-order valence-corrected chi connectivity index (χ4v) is 3.24. The fourth-order valence-electron chi connectivity index (χ4n) is 2.19. The van der Waals surface area contributed by atoms with Crippen LogP contribution >= 0.6 is 11.3 Å². The van der Waals surface area contributed by atoms with Crippen molar-refractivity contribution < 1.29 is 0 Å². The van der Waals surface area contributed by atoms with Crippen molar-refractivity contribution in [1.82, 2.24) is 4.98 Å². The molecule has 0 aliphatic rings. The van der Waals surface area contributed by atoms with Gasteiger partial charge in [-0.05, 0) is 37.1 Å². The fraction of sp³-hybridized carbons (Fsp3) is 0.188. The molecule has 96 valence electrons. The summed E-state index contributed by atoms with van der Waals surface area (Å²) in [5.41, 5.74) is 10.4. The van der Waals surface area contributed by atoms with Crippen LogP contribution in [-0.2, 0) is 6.42 Å². The van der Waals surface area contributed by atoms with Crippen LogP contribution in [0.3, 0.4) is 0 Å². The van der Waals surface area contributed by atoms with E-state index in [0.717, 1.165) is 16.9 Å². The van der Waals surface area contributed by atoms with Gasteiger partial charge in [-0.25, -0.2) is 4.98 Å². The van der Waals surface area contributed by atoms with Gasteiger partial charge in [0.05, 0.1) is 10.2 Å². The van der Waals surface area contributed by atoms with Crippen LogP contribution in [0.2, 0.25) is 0 Å². The molecule has 3 aromatic rings. The summed E-state index contributed by atoms with van der Waals surface area (Å²) in [6.07, 6.45) is 0.930. The number of aryl methyl sites for hydroxylation is 1. The standard InChI is InChI=1S/C16H16N2S/c1-11-3-2-4-14-15(11)18-16(19-14)13-7-5-12(6-8-13)9-10-17/h2-8H,9-10,17H2,1H3. The van der Waals surface area contributed by atoms with Gasteiger partial charge in [-0.1, -0.05) is 36.4 Å². The lowest BCUT2D eigenvalue weighted by Crippen LogP contribution is -2.02. The first-order valence-corrected chi connectivity index (χ1v) is 7.25. The highest BCUT2D eigenvalue weighted by Crippen LogP contribution is 2.31. The molecule has 0 saturated carbocycles. The number of nitrogens with two attached hydrogens (primary N) is 1. The molecule has 19 heavy (non-hydrogen) atoms. The van der Waals surface area contributed by atoms with Crippen molar-refractivity contribution in [3.63, 3.8) is 0 Å². The summed E-state index contributed by atoms with van der Waals surface area (Å²) in [6.45, 7) is 2.80. The minimum Gasteiger partial charge on any atom is -0.330 e. The summed E-state index contributed by atoms with van der Waals surface area (Å²) >= 11 is 1.75. The third kappa shape index (κ3) is 2.39. The Morgan fingerprint density at radius 2 is 1.89 bits per heavy atom. The average Bonchev–Trinajstić information content (AvgIpc) is 2.85. The molecule has 0 bridgehead atoms. The van der Waals surface area contributed by atoms with Crippen LogP contribution in [0.4, 0.5) is 0 Å². The lowest BCUT2D eigenvalue weighted by molar-refractivity contribution is 0.969. The van der Waals surface area contributed by atoms with E-state index in [4.69, 9.17) is 10.7 Å². The number of thiazole rings is 1. The van der Waals surface area contributed by atoms with E-state index in [-0.39, 0.29) is 0 Å². The number of hydrogen-bond acceptors (Lipinski definition) is 3. The Morgan fingerprint density at radius 3 is 2.58 bits per heavy atom. The van der Waals surface area contributed by atoms with Crippen molar-refractivity contribution in [3.05, 3.63) is 53.6 Å².